The number of allylic oxidation sites excluding steroid dienone is 20. The van der Waals surface area contributed by atoms with Crippen molar-refractivity contribution in [3.8, 4) is 0 Å². The zero-order valence-electron chi connectivity index (χ0n) is 41.5. The fourth-order valence-electron chi connectivity index (χ4n) is 6.39. The van der Waals surface area contributed by atoms with Gasteiger partial charge in [0.25, 0.3) is 7.82 Å². The van der Waals surface area contributed by atoms with E-state index in [0.717, 1.165) is 109 Å². The largest absolute Gasteiger partial charge is 0.756 e. The van der Waals surface area contributed by atoms with Gasteiger partial charge in [-0.15, -0.1) is 0 Å². The standard InChI is InChI=1S/C55H93N2O7P/c1-6-8-10-12-14-16-18-20-21-22-23-24-25-26-27-28-29-30-31-32-33-34-35-36-38-40-42-44-46-48-54(59)56-52(51-64-65(61,62)63-50-49-57(3,4)5)55(60)53(58)47-45-43-41-39-37-19-17-15-13-11-9-7-2/h7-10,14-17,20-21,23-24,26-27,29-30,32-33,39,41,52-53,55,58,60H,6,11-13,18-19,22,25,28,31,34-38,40,42-51H2,1-5H3,(H-,56,59,61,62)/b9-7+,10-8-,16-14-,17-15+,21-20-,24-23-,27-26-,30-29-,33-32-,41-39+. The van der Waals surface area contributed by atoms with Crippen LogP contribution in [0.2, 0.25) is 0 Å². The van der Waals surface area contributed by atoms with Crippen molar-refractivity contribution in [3.63, 3.8) is 0 Å². The number of carbonyl (C=O) groups excluding carboxylic acids is 1. The molecule has 4 atom stereocenters. The molecule has 0 aliphatic rings. The highest BCUT2D eigenvalue weighted by Gasteiger charge is 2.29. The molecule has 0 saturated heterocycles. The summed E-state index contributed by atoms with van der Waals surface area (Å²) in [6.45, 7) is 4.04. The number of hydrogen-bond donors (Lipinski definition) is 3. The van der Waals surface area contributed by atoms with Crippen LogP contribution in [-0.2, 0) is 18.4 Å². The molecule has 3 N–H and O–H groups in total. The van der Waals surface area contributed by atoms with Crippen molar-refractivity contribution in [2.45, 2.75) is 180 Å². The van der Waals surface area contributed by atoms with Crippen molar-refractivity contribution in [2.75, 3.05) is 40.9 Å². The Hall–Kier alpha value is -3.14. The van der Waals surface area contributed by atoms with Crippen LogP contribution in [0, 0.1) is 0 Å². The van der Waals surface area contributed by atoms with Crippen LogP contribution in [0.4, 0.5) is 0 Å². The predicted molar refractivity (Wildman–Crippen MR) is 275 cm³/mol. The smallest absolute Gasteiger partial charge is 0.268 e. The summed E-state index contributed by atoms with van der Waals surface area (Å²) in [5.74, 6) is -0.314. The lowest BCUT2D eigenvalue weighted by Crippen LogP contribution is -2.51. The lowest BCUT2D eigenvalue weighted by atomic mass is 10.0. The van der Waals surface area contributed by atoms with E-state index in [1.54, 1.807) is 0 Å². The van der Waals surface area contributed by atoms with E-state index in [0.29, 0.717) is 30.3 Å². The van der Waals surface area contributed by atoms with Crippen molar-refractivity contribution in [2.24, 2.45) is 0 Å². The van der Waals surface area contributed by atoms with Crippen LogP contribution < -0.4 is 10.2 Å². The van der Waals surface area contributed by atoms with Gasteiger partial charge < -0.3 is 34.0 Å². The van der Waals surface area contributed by atoms with Crippen molar-refractivity contribution in [1.29, 1.82) is 0 Å². The van der Waals surface area contributed by atoms with Crippen LogP contribution in [0.25, 0.3) is 0 Å². The first-order chi connectivity index (χ1) is 31.4. The van der Waals surface area contributed by atoms with E-state index in [1.807, 2.05) is 28.1 Å². The van der Waals surface area contributed by atoms with Crippen LogP contribution in [0.3, 0.4) is 0 Å². The third-order valence-corrected chi connectivity index (χ3v) is 11.3. The Bertz CT molecular complexity index is 1480. The molecule has 0 radical (unpaired) electrons. The number of amides is 1. The summed E-state index contributed by atoms with van der Waals surface area (Å²) in [6, 6.07) is -1.11. The van der Waals surface area contributed by atoms with Gasteiger partial charge in [0.2, 0.25) is 5.91 Å². The highest BCUT2D eigenvalue weighted by Crippen LogP contribution is 2.38. The van der Waals surface area contributed by atoms with Gasteiger partial charge >= 0.3 is 0 Å². The maximum absolute atomic E-state index is 12.9. The number of carbonyl (C=O) groups is 1. The monoisotopic (exact) mass is 925 g/mol. The van der Waals surface area contributed by atoms with E-state index in [-0.39, 0.29) is 18.9 Å². The number of quaternary nitrogens is 1. The summed E-state index contributed by atoms with van der Waals surface area (Å²) in [7, 11) is 1.06. The Kier molecular flexibility index (Phi) is 42.5. The molecule has 0 saturated carbocycles. The second-order valence-electron chi connectivity index (χ2n) is 17.6. The topological polar surface area (TPSA) is 128 Å². The summed E-state index contributed by atoms with van der Waals surface area (Å²) in [4.78, 5) is 25.4. The number of nitrogens with one attached hydrogen (secondary N) is 1. The molecule has 0 rings (SSSR count). The van der Waals surface area contributed by atoms with E-state index in [1.165, 1.54) is 12.8 Å². The van der Waals surface area contributed by atoms with Gasteiger partial charge in [0.1, 0.15) is 19.3 Å². The third-order valence-electron chi connectivity index (χ3n) is 10.3. The van der Waals surface area contributed by atoms with Crippen molar-refractivity contribution >= 4 is 13.7 Å². The number of phosphoric ester groups is 1. The highest BCUT2D eigenvalue weighted by atomic mass is 31.2. The van der Waals surface area contributed by atoms with Gasteiger partial charge in [-0.25, -0.2) is 0 Å². The van der Waals surface area contributed by atoms with Crippen LogP contribution in [-0.4, -0.2) is 79.8 Å². The van der Waals surface area contributed by atoms with E-state index in [2.05, 4.69) is 134 Å². The summed E-state index contributed by atoms with van der Waals surface area (Å²) in [5, 5.41) is 24.6. The van der Waals surface area contributed by atoms with Crippen LogP contribution >= 0.6 is 7.82 Å². The molecule has 4 unspecified atom stereocenters. The normalized spacial score (nSPS) is 15.6. The second kappa shape index (κ2) is 44.7. The Morgan fingerprint density at radius 3 is 1.49 bits per heavy atom. The molecule has 0 aromatic heterocycles. The fourth-order valence-corrected chi connectivity index (χ4v) is 7.11. The number of unbranched alkanes of at least 4 members (excludes halogenated alkanes) is 10. The molecule has 0 spiro atoms. The minimum absolute atomic E-state index is 0.0599. The Morgan fingerprint density at radius 2 is 1.00 bits per heavy atom. The average Bonchev–Trinajstić information content (AvgIpc) is 3.26. The quantitative estimate of drug-likeness (QED) is 0.0240. The van der Waals surface area contributed by atoms with Gasteiger partial charge in [-0.3, -0.25) is 9.36 Å². The number of nitrogens with zero attached hydrogens (tertiary/aromatic N) is 1. The van der Waals surface area contributed by atoms with Crippen molar-refractivity contribution in [3.05, 3.63) is 122 Å². The average molecular weight is 925 g/mol. The summed E-state index contributed by atoms with van der Waals surface area (Å²) in [5.41, 5.74) is 0. The zero-order chi connectivity index (χ0) is 48.0. The van der Waals surface area contributed by atoms with Crippen LogP contribution in [0.5, 0.6) is 0 Å². The molecule has 10 heteroatoms. The molecule has 0 bridgehead atoms. The van der Waals surface area contributed by atoms with Gasteiger partial charge in [-0.2, -0.15) is 0 Å². The molecular formula is C55H93N2O7P. The Morgan fingerprint density at radius 1 is 0.585 bits per heavy atom. The summed E-state index contributed by atoms with van der Waals surface area (Å²) >= 11 is 0. The summed E-state index contributed by atoms with van der Waals surface area (Å²) in [6.07, 6.45) is 62.6. The molecule has 1 amide bonds. The molecule has 0 aromatic rings. The van der Waals surface area contributed by atoms with Crippen LogP contribution in [0.1, 0.15) is 162 Å². The van der Waals surface area contributed by atoms with Gasteiger partial charge in [-0.1, -0.05) is 161 Å². The number of aliphatic hydroxyl groups excluding tert-OH is 2. The van der Waals surface area contributed by atoms with E-state index < -0.39 is 32.7 Å². The van der Waals surface area contributed by atoms with E-state index in [4.69, 9.17) is 9.05 Å². The lowest BCUT2D eigenvalue weighted by Gasteiger charge is -2.31. The highest BCUT2D eigenvalue weighted by molar-refractivity contribution is 7.45. The maximum Gasteiger partial charge on any atom is 0.268 e. The third kappa shape index (κ3) is 45.8. The molecule has 370 valence electrons. The molecule has 65 heavy (non-hydrogen) atoms. The molecule has 0 heterocycles. The number of phosphoric acid groups is 1. The molecule has 0 aromatic carbocycles. The fraction of sp³-hybridized carbons (Fsp3) is 0.618. The number of hydrogen-bond acceptors (Lipinski definition) is 7. The number of rotatable bonds is 43. The first-order valence-corrected chi connectivity index (χ1v) is 26.4. The van der Waals surface area contributed by atoms with Crippen LogP contribution in [0.15, 0.2) is 122 Å². The minimum atomic E-state index is -4.69. The van der Waals surface area contributed by atoms with E-state index in [9.17, 15) is 24.5 Å². The number of likely N-dealkylation sites (N-methyl/N-ethyl adjacent to an activating group) is 1. The molecule has 9 nitrogen and oxygen atoms in total. The molecule has 0 aliphatic heterocycles. The first kappa shape index (κ1) is 61.9. The van der Waals surface area contributed by atoms with Gasteiger partial charge in [0.05, 0.1) is 39.9 Å². The lowest BCUT2D eigenvalue weighted by molar-refractivity contribution is -0.870. The number of aliphatic hydroxyl groups is 2. The SMILES string of the molecule is C/C=C/CC/C=C/CC/C=C/CCCC(O)C(O)C(COP(=O)([O-])OCC[N+](C)(C)C)NC(=O)CCCCCCCCC/C=C\C/C=C\C/C=C\C/C=C\C/C=C\C/C=C\C/C=C\CC. The summed E-state index contributed by atoms with van der Waals surface area (Å²) < 4.78 is 23.1. The molecular weight excluding hydrogens is 832 g/mol. The van der Waals surface area contributed by atoms with Gasteiger partial charge in [-0.05, 0) is 116 Å². The Labute approximate surface area is 397 Å². The van der Waals surface area contributed by atoms with E-state index >= 15 is 0 Å². The van der Waals surface area contributed by atoms with Crippen molar-refractivity contribution < 1.29 is 38.0 Å². The predicted octanol–water partition coefficient (Wildman–Crippen LogP) is 13.0. The Balaban J connectivity index is 4.39. The van der Waals surface area contributed by atoms with Gasteiger partial charge in [0.15, 0.2) is 0 Å². The van der Waals surface area contributed by atoms with Crippen molar-refractivity contribution in [1.82, 2.24) is 5.32 Å². The zero-order valence-corrected chi connectivity index (χ0v) is 42.4. The first-order valence-electron chi connectivity index (χ1n) is 24.9. The molecule has 0 aliphatic carbocycles. The maximum atomic E-state index is 12.9. The minimum Gasteiger partial charge on any atom is -0.756 e. The molecule has 0 fully saturated rings. The van der Waals surface area contributed by atoms with Gasteiger partial charge in [0, 0.05) is 6.42 Å². The second-order valence-corrected chi connectivity index (χ2v) is 19.0.